The first-order chi connectivity index (χ1) is 10.7. The molecule has 5 heteroatoms. The van der Waals surface area contributed by atoms with Gasteiger partial charge in [-0.05, 0) is 42.8 Å². The van der Waals surface area contributed by atoms with Gasteiger partial charge in [0.2, 0.25) is 0 Å². The number of carbonyl (C=O) groups is 1. The van der Waals surface area contributed by atoms with Crippen LogP contribution in [-0.2, 0) is 4.74 Å². The third-order valence-corrected chi connectivity index (χ3v) is 2.98. The van der Waals surface area contributed by atoms with Gasteiger partial charge in [-0.2, -0.15) is 0 Å². The summed E-state index contributed by atoms with van der Waals surface area (Å²) in [5.74, 6) is 2.17. The highest BCUT2D eigenvalue weighted by Gasteiger charge is 2.11. The fourth-order valence-electron chi connectivity index (χ4n) is 1.82. The summed E-state index contributed by atoms with van der Waals surface area (Å²) in [6, 6.07) is 16.8. The van der Waals surface area contributed by atoms with Gasteiger partial charge < -0.3 is 19.9 Å². The Labute approximate surface area is 129 Å². The number of amides is 1. The quantitative estimate of drug-likeness (QED) is 0.845. The highest BCUT2D eigenvalue weighted by atomic mass is 16.6. The smallest absolute Gasteiger partial charge is 0.404 e. The SMILES string of the molecule is CCC(COc1ccc(Oc2ccccc2)cc1)OC(N)=O. The molecule has 0 aliphatic rings. The molecule has 0 heterocycles. The second-order valence-corrected chi connectivity index (χ2v) is 4.66. The normalized spacial score (nSPS) is 11.5. The maximum Gasteiger partial charge on any atom is 0.404 e. The van der Waals surface area contributed by atoms with Crippen molar-refractivity contribution in [2.45, 2.75) is 19.4 Å². The average Bonchev–Trinajstić information content (AvgIpc) is 2.53. The maximum absolute atomic E-state index is 10.7. The molecule has 2 N–H and O–H groups in total. The van der Waals surface area contributed by atoms with E-state index in [9.17, 15) is 4.79 Å². The summed E-state index contributed by atoms with van der Waals surface area (Å²) in [5.41, 5.74) is 5.00. The Balaban J connectivity index is 1.87. The lowest BCUT2D eigenvalue weighted by Gasteiger charge is -2.15. The van der Waals surface area contributed by atoms with Crippen LogP contribution >= 0.6 is 0 Å². The van der Waals surface area contributed by atoms with Gasteiger partial charge in [-0.15, -0.1) is 0 Å². The molecule has 1 amide bonds. The topological polar surface area (TPSA) is 70.8 Å². The molecule has 0 saturated heterocycles. The summed E-state index contributed by atoms with van der Waals surface area (Å²) in [7, 11) is 0. The second kappa shape index (κ2) is 7.93. The van der Waals surface area contributed by atoms with Crippen LogP contribution in [0.4, 0.5) is 4.79 Å². The van der Waals surface area contributed by atoms with Crippen LogP contribution in [0.3, 0.4) is 0 Å². The van der Waals surface area contributed by atoms with Crippen LogP contribution in [0.25, 0.3) is 0 Å². The van der Waals surface area contributed by atoms with Crippen LogP contribution < -0.4 is 15.2 Å². The van der Waals surface area contributed by atoms with Crippen molar-refractivity contribution in [3.05, 3.63) is 54.6 Å². The molecule has 2 aromatic rings. The first kappa shape index (κ1) is 15.7. The number of primary amides is 1. The number of hydrogen-bond acceptors (Lipinski definition) is 4. The first-order valence-electron chi connectivity index (χ1n) is 7.09. The van der Waals surface area contributed by atoms with Gasteiger partial charge in [0.05, 0.1) is 0 Å². The van der Waals surface area contributed by atoms with Crippen molar-refractivity contribution < 1.29 is 19.0 Å². The number of hydrogen-bond donors (Lipinski definition) is 1. The molecule has 1 atom stereocenters. The summed E-state index contributed by atoms with van der Waals surface area (Å²) in [5, 5.41) is 0. The summed E-state index contributed by atoms with van der Waals surface area (Å²) in [6.45, 7) is 2.16. The van der Waals surface area contributed by atoms with Crippen LogP contribution in [0.2, 0.25) is 0 Å². The fraction of sp³-hybridized carbons (Fsp3) is 0.235. The van der Waals surface area contributed by atoms with E-state index in [0.717, 1.165) is 11.5 Å². The van der Waals surface area contributed by atoms with Crippen LogP contribution in [0, 0.1) is 0 Å². The molecule has 22 heavy (non-hydrogen) atoms. The van der Waals surface area contributed by atoms with Gasteiger partial charge in [-0.25, -0.2) is 4.79 Å². The maximum atomic E-state index is 10.7. The van der Waals surface area contributed by atoms with Gasteiger partial charge in [0.1, 0.15) is 30.0 Å². The van der Waals surface area contributed by atoms with Crippen LogP contribution in [0.1, 0.15) is 13.3 Å². The molecular weight excluding hydrogens is 282 g/mol. The standard InChI is InChI=1S/C17H19NO4/c1-2-13(22-17(18)19)12-20-14-8-10-16(11-9-14)21-15-6-4-3-5-7-15/h3-11,13H,2,12H2,1H3,(H2,18,19). The zero-order valence-electron chi connectivity index (χ0n) is 12.4. The Hall–Kier alpha value is -2.69. The van der Waals surface area contributed by atoms with Gasteiger partial charge in [0.25, 0.3) is 0 Å². The molecule has 0 radical (unpaired) electrons. The van der Waals surface area contributed by atoms with Gasteiger partial charge in [0, 0.05) is 0 Å². The van der Waals surface area contributed by atoms with E-state index in [4.69, 9.17) is 19.9 Å². The third-order valence-electron chi connectivity index (χ3n) is 2.98. The molecule has 0 bridgehead atoms. The number of carbonyl (C=O) groups excluding carboxylic acids is 1. The summed E-state index contributed by atoms with van der Waals surface area (Å²) >= 11 is 0. The number of rotatable bonds is 7. The lowest BCUT2D eigenvalue weighted by molar-refractivity contribution is 0.0694. The summed E-state index contributed by atoms with van der Waals surface area (Å²) < 4.78 is 16.2. The Morgan fingerprint density at radius 3 is 2.18 bits per heavy atom. The van der Waals surface area contributed by atoms with E-state index in [2.05, 4.69) is 0 Å². The molecule has 2 aromatic carbocycles. The molecular formula is C17H19NO4. The molecule has 0 aromatic heterocycles. The van der Waals surface area contributed by atoms with E-state index in [1.54, 1.807) is 12.1 Å². The molecule has 116 valence electrons. The van der Waals surface area contributed by atoms with Crippen molar-refractivity contribution in [3.63, 3.8) is 0 Å². The average molecular weight is 301 g/mol. The highest BCUT2D eigenvalue weighted by Crippen LogP contribution is 2.23. The van der Waals surface area contributed by atoms with Crippen molar-refractivity contribution in [3.8, 4) is 17.2 Å². The van der Waals surface area contributed by atoms with E-state index in [1.807, 2.05) is 49.4 Å². The molecule has 0 aliphatic heterocycles. The van der Waals surface area contributed by atoms with Crippen LogP contribution in [-0.4, -0.2) is 18.8 Å². The van der Waals surface area contributed by atoms with Crippen molar-refractivity contribution in [2.24, 2.45) is 5.73 Å². The predicted molar refractivity (Wildman–Crippen MR) is 83.2 cm³/mol. The van der Waals surface area contributed by atoms with E-state index < -0.39 is 6.09 Å². The fourth-order valence-corrected chi connectivity index (χ4v) is 1.82. The van der Waals surface area contributed by atoms with Crippen molar-refractivity contribution in [2.75, 3.05) is 6.61 Å². The molecule has 0 spiro atoms. The zero-order valence-corrected chi connectivity index (χ0v) is 12.4. The molecule has 0 fully saturated rings. The minimum Gasteiger partial charge on any atom is -0.490 e. The number of para-hydroxylation sites is 1. The van der Waals surface area contributed by atoms with Crippen LogP contribution in [0.5, 0.6) is 17.2 Å². The summed E-state index contributed by atoms with van der Waals surface area (Å²) in [6.07, 6.45) is -0.502. The van der Waals surface area contributed by atoms with E-state index in [1.165, 1.54) is 0 Å². The predicted octanol–water partition coefficient (Wildman–Crippen LogP) is 3.73. The lowest BCUT2D eigenvalue weighted by Crippen LogP contribution is -2.27. The zero-order chi connectivity index (χ0) is 15.8. The molecule has 1 unspecified atom stereocenters. The number of benzene rings is 2. The van der Waals surface area contributed by atoms with E-state index in [0.29, 0.717) is 12.2 Å². The van der Waals surface area contributed by atoms with Crippen molar-refractivity contribution in [1.29, 1.82) is 0 Å². The Morgan fingerprint density at radius 2 is 1.59 bits per heavy atom. The molecule has 0 saturated carbocycles. The van der Waals surface area contributed by atoms with Crippen molar-refractivity contribution in [1.82, 2.24) is 0 Å². The lowest BCUT2D eigenvalue weighted by atomic mass is 10.3. The van der Waals surface area contributed by atoms with Gasteiger partial charge in [-0.3, -0.25) is 0 Å². The number of ether oxygens (including phenoxy) is 3. The van der Waals surface area contributed by atoms with E-state index in [-0.39, 0.29) is 12.7 Å². The van der Waals surface area contributed by atoms with Gasteiger partial charge >= 0.3 is 6.09 Å². The first-order valence-corrected chi connectivity index (χ1v) is 7.09. The second-order valence-electron chi connectivity index (χ2n) is 4.66. The summed E-state index contributed by atoms with van der Waals surface area (Å²) in [4.78, 5) is 10.7. The number of nitrogens with two attached hydrogens (primary N) is 1. The minimum absolute atomic E-state index is 0.262. The Kier molecular flexibility index (Phi) is 5.65. The molecule has 2 rings (SSSR count). The highest BCUT2D eigenvalue weighted by molar-refractivity contribution is 5.64. The van der Waals surface area contributed by atoms with E-state index >= 15 is 0 Å². The Morgan fingerprint density at radius 1 is 1.00 bits per heavy atom. The largest absolute Gasteiger partial charge is 0.490 e. The minimum atomic E-state index is -0.790. The monoisotopic (exact) mass is 301 g/mol. The Bertz CT molecular complexity index is 583. The van der Waals surface area contributed by atoms with Gasteiger partial charge in [-0.1, -0.05) is 25.1 Å². The third kappa shape index (κ3) is 5.01. The van der Waals surface area contributed by atoms with Crippen LogP contribution in [0.15, 0.2) is 54.6 Å². The van der Waals surface area contributed by atoms with Gasteiger partial charge in [0.15, 0.2) is 0 Å². The van der Waals surface area contributed by atoms with Crippen molar-refractivity contribution >= 4 is 6.09 Å². The molecule has 0 aliphatic carbocycles. The molecule has 5 nitrogen and oxygen atoms in total.